The van der Waals surface area contributed by atoms with Crippen molar-refractivity contribution in [3.63, 3.8) is 0 Å². The summed E-state index contributed by atoms with van der Waals surface area (Å²) in [5.41, 5.74) is 1.60. The van der Waals surface area contributed by atoms with Crippen molar-refractivity contribution >= 4 is 20.0 Å². The number of aryl methyl sites for hydroxylation is 1. The molecule has 0 atom stereocenters. The molecule has 0 spiro atoms. The summed E-state index contributed by atoms with van der Waals surface area (Å²) in [6.45, 7) is 8.81. The number of ether oxygens (including phenoxy) is 1. The van der Waals surface area contributed by atoms with Crippen LogP contribution in [0.15, 0.2) is 52.3 Å². The van der Waals surface area contributed by atoms with E-state index in [9.17, 15) is 16.8 Å². The number of sulfonamides is 2. The van der Waals surface area contributed by atoms with Crippen LogP contribution in [0.25, 0.3) is 0 Å². The first-order chi connectivity index (χ1) is 14.2. The minimum absolute atomic E-state index is 0.184. The van der Waals surface area contributed by atoms with Gasteiger partial charge >= 0.3 is 0 Å². The van der Waals surface area contributed by atoms with Crippen LogP contribution >= 0.6 is 0 Å². The first kappa shape index (κ1) is 24.3. The van der Waals surface area contributed by atoms with Crippen LogP contribution in [0.4, 0.5) is 0 Å². The number of hydrogen-bond donors (Lipinski definition) is 1. The van der Waals surface area contributed by atoms with E-state index >= 15 is 0 Å². The van der Waals surface area contributed by atoms with Gasteiger partial charge in [-0.2, -0.15) is 4.31 Å². The van der Waals surface area contributed by atoms with Crippen LogP contribution in [0.3, 0.4) is 0 Å². The fourth-order valence-corrected chi connectivity index (χ4v) is 5.63. The third-order valence-electron chi connectivity index (χ3n) is 4.73. The Morgan fingerprint density at radius 3 is 2.03 bits per heavy atom. The molecule has 0 bridgehead atoms. The van der Waals surface area contributed by atoms with Gasteiger partial charge in [-0.15, -0.1) is 0 Å². The summed E-state index contributed by atoms with van der Waals surface area (Å²) in [6.07, 6.45) is 0.445. The molecule has 7 nitrogen and oxygen atoms in total. The van der Waals surface area contributed by atoms with Gasteiger partial charge in [0.2, 0.25) is 20.0 Å². The summed E-state index contributed by atoms with van der Waals surface area (Å²) in [5, 5.41) is 0. The number of rotatable bonds is 11. The van der Waals surface area contributed by atoms with Gasteiger partial charge in [0.1, 0.15) is 5.75 Å². The molecular formula is C21H30N2O5S2. The molecule has 0 amide bonds. The van der Waals surface area contributed by atoms with Crippen molar-refractivity contribution in [3.8, 4) is 5.75 Å². The van der Waals surface area contributed by atoms with Crippen molar-refractivity contribution in [1.29, 1.82) is 0 Å². The molecule has 2 rings (SSSR count). The fourth-order valence-electron chi connectivity index (χ4n) is 3.06. The van der Waals surface area contributed by atoms with Crippen molar-refractivity contribution in [2.45, 2.75) is 43.9 Å². The number of nitrogens with zero attached hydrogens (tertiary/aromatic N) is 1. The van der Waals surface area contributed by atoms with E-state index in [1.54, 1.807) is 57.2 Å². The predicted molar refractivity (Wildman–Crippen MR) is 118 cm³/mol. The molecule has 2 aromatic rings. The number of hydrogen-bond acceptors (Lipinski definition) is 5. The standard InChI is InChI=1S/C21H30N2O5S2/c1-5-23(6-2)30(26,27)19-10-8-18(9-11-19)14-15-22-29(24,25)20-12-13-21(28-7-3)17(4)16-20/h8-13,16,22H,5-7,14-15H2,1-4H3. The van der Waals surface area contributed by atoms with Gasteiger partial charge in [-0.25, -0.2) is 21.6 Å². The molecule has 0 heterocycles. The molecule has 30 heavy (non-hydrogen) atoms. The van der Waals surface area contributed by atoms with Gasteiger partial charge in [-0.05, 0) is 61.7 Å². The van der Waals surface area contributed by atoms with E-state index in [1.165, 1.54) is 10.4 Å². The van der Waals surface area contributed by atoms with Gasteiger partial charge in [0, 0.05) is 19.6 Å². The van der Waals surface area contributed by atoms with E-state index in [4.69, 9.17) is 4.74 Å². The lowest BCUT2D eigenvalue weighted by Gasteiger charge is -2.18. The molecule has 0 aliphatic carbocycles. The SMILES string of the molecule is CCOc1ccc(S(=O)(=O)NCCc2ccc(S(=O)(=O)N(CC)CC)cc2)cc1C. The Bertz CT molecular complexity index is 1050. The summed E-state index contributed by atoms with van der Waals surface area (Å²) in [6, 6.07) is 11.3. The maximum absolute atomic E-state index is 12.5. The summed E-state index contributed by atoms with van der Waals surface area (Å²) < 4.78 is 59.6. The summed E-state index contributed by atoms with van der Waals surface area (Å²) in [7, 11) is -7.14. The maximum Gasteiger partial charge on any atom is 0.243 e. The monoisotopic (exact) mass is 454 g/mol. The highest BCUT2D eigenvalue weighted by atomic mass is 32.2. The summed E-state index contributed by atoms with van der Waals surface area (Å²) >= 11 is 0. The van der Waals surface area contributed by atoms with E-state index < -0.39 is 20.0 Å². The molecule has 0 fully saturated rings. The van der Waals surface area contributed by atoms with Gasteiger partial charge in [0.25, 0.3) is 0 Å². The lowest BCUT2D eigenvalue weighted by molar-refractivity contribution is 0.337. The average Bonchev–Trinajstić information content (AvgIpc) is 2.70. The number of benzene rings is 2. The topological polar surface area (TPSA) is 92.8 Å². The highest BCUT2D eigenvalue weighted by molar-refractivity contribution is 7.89. The fraction of sp³-hybridized carbons (Fsp3) is 0.429. The van der Waals surface area contributed by atoms with E-state index in [2.05, 4.69) is 4.72 Å². The molecule has 0 aliphatic rings. The van der Waals surface area contributed by atoms with E-state index in [0.717, 1.165) is 11.1 Å². The van der Waals surface area contributed by atoms with Gasteiger partial charge in [0.05, 0.1) is 16.4 Å². The van der Waals surface area contributed by atoms with Crippen molar-refractivity contribution in [3.05, 3.63) is 53.6 Å². The third kappa shape index (κ3) is 5.81. The Morgan fingerprint density at radius 2 is 1.50 bits per heavy atom. The quantitative estimate of drug-likeness (QED) is 0.564. The second kappa shape index (κ2) is 10.4. The van der Waals surface area contributed by atoms with E-state index in [0.29, 0.717) is 31.9 Å². The third-order valence-corrected chi connectivity index (χ3v) is 8.25. The van der Waals surface area contributed by atoms with Crippen LogP contribution in [0, 0.1) is 6.92 Å². The molecule has 2 aromatic carbocycles. The second-order valence-electron chi connectivity index (χ2n) is 6.74. The molecular weight excluding hydrogens is 424 g/mol. The van der Waals surface area contributed by atoms with E-state index in [1.807, 2.05) is 6.92 Å². The van der Waals surface area contributed by atoms with E-state index in [-0.39, 0.29) is 16.3 Å². The lowest BCUT2D eigenvalue weighted by atomic mass is 10.2. The first-order valence-electron chi connectivity index (χ1n) is 9.97. The highest BCUT2D eigenvalue weighted by Crippen LogP contribution is 2.22. The second-order valence-corrected chi connectivity index (χ2v) is 10.4. The highest BCUT2D eigenvalue weighted by Gasteiger charge is 2.21. The van der Waals surface area contributed by atoms with Crippen LogP contribution in [0.5, 0.6) is 5.75 Å². The normalized spacial score (nSPS) is 12.3. The zero-order valence-corrected chi connectivity index (χ0v) is 19.5. The zero-order chi connectivity index (χ0) is 22.4. The molecule has 0 radical (unpaired) electrons. The summed E-state index contributed by atoms with van der Waals surface area (Å²) in [4.78, 5) is 0.421. The number of nitrogens with one attached hydrogen (secondary N) is 1. The Hall–Kier alpha value is -1.94. The van der Waals surface area contributed by atoms with Gasteiger partial charge in [-0.1, -0.05) is 26.0 Å². The lowest BCUT2D eigenvalue weighted by Crippen LogP contribution is -2.30. The van der Waals surface area contributed by atoms with Crippen LogP contribution < -0.4 is 9.46 Å². The molecule has 1 N–H and O–H groups in total. The van der Waals surface area contributed by atoms with Crippen LogP contribution in [-0.2, 0) is 26.5 Å². The summed E-state index contributed by atoms with van der Waals surface area (Å²) in [5.74, 6) is 0.663. The molecule has 166 valence electrons. The Balaban J connectivity index is 2.02. The van der Waals surface area contributed by atoms with Gasteiger partial charge in [0.15, 0.2) is 0 Å². The molecule has 9 heteroatoms. The largest absolute Gasteiger partial charge is 0.494 e. The molecule has 0 aromatic heterocycles. The van der Waals surface area contributed by atoms with Crippen molar-refractivity contribution in [2.24, 2.45) is 0 Å². The average molecular weight is 455 g/mol. The maximum atomic E-state index is 12.5. The molecule has 0 aliphatic heterocycles. The molecule has 0 saturated carbocycles. The Labute approximate surface area is 180 Å². The van der Waals surface area contributed by atoms with Crippen molar-refractivity contribution in [1.82, 2.24) is 9.03 Å². The first-order valence-corrected chi connectivity index (χ1v) is 12.9. The van der Waals surface area contributed by atoms with Crippen molar-refractivity contribution < 1.29 is 21.6 Å². The van der Waals surface area contributed by atoms with Gasteiger partial charge in [-0.3, -0.25) is 0 Å². The van der Waals surface area contributed by atoms with Crippen LogP contribution in [0.1, 0.15) is 31.9 Å². The van der Waals surface area contributed by atoms with Crippen molar-refractivity contribution in [2.75, 3.05) is 26.2 Å². The minimum Gasteiger partial charge on any atom is -0.494 e. The minimum atomic E-state index is -3.64. The molecule has 0 unspecified atom stereocenters. The van der Waals surface area contributed by atoms with Crippen LogP contribution in [-0.4, -0.2) is 47.4 Å². The smallest absolute Gasteiger partial charge is 0.243 e. The predicted octanol–water partition coefficient (Wildman–Crippen LogP) is 2.95. The Kier molecular flexibility index (Phi) is 8.42. The molecule has 0 saturated heterocycles. The van der Waals surface area contributed by atoms with Gasteiger partial charge < -0.3 is 4.74 Å². The van der Waals surface area contributed by atoms with Crippen LogP contribution in [0.2, 0.25) is 0 Å². The Morgan fingerprint density at radius 1 is 0.900 bits per heavy atom. The zero-order valence-electron chi connectivity index (χ0n) is 17.9.